The molecular formula is C39H42N2O9. The van der Waals surface area contributed by atoms with Gasteiger partial charge in [0.25, 0.3) is 0 Å². The Balaban J connectivity index is 1.35. The van der Waals surface area contributed by atoms with Gasteiger partial charge in [-0.25, -0.2) is 0 Å². The lowest BCUT2D eigenvalue weighted by atomic mass is 9.73. The molecule has 0 spiro atoms. The quantitative estimate of drug-likeness (QED) is 0.0882. The number of aliphatic hydroxyl groups is 3. The molecule has 0 radical (unpaired) electrons. The molecule has 0 saturated heterocycles. The number of aromatic hydroxyl groups is 2. The number of nitrogens with one attached hydrogen (secondary N) is 2. The summed E-state index contributed by atoms with van der Waals surface area (Å²) in [6.45, 7) is -0.679. The summed E-state index contributed by atoms with van der Waals surface area (Å²) in [5.74, 6) is 1.39. The van der Waals surface area contributed by atoms with Crippen molar-refractivity contribution in [1.82, 2.24) is 10.3 Å². The molecule has 7 rings (SSSR count). The fraction of sp³-hybridized carbons (Fsp3) is 0.333. The van der Waals surface area contributed by atoms with Crippen molar-refractivity contribution >= 4 is 10.9 Å². The second kappa shape index (κ2) is 14.6. The van der Waals surface area contributed by atoms with E-state index < -0.39 is 18.3 Å². The Morgan fingerprint density at radius 3 is 2.58 bits per heavy atom. The highest BCUT2D eigenvalue weighted by Crippen LogP contribution is 2.53. The molecule has 0 fully saturated rings. The van der Waals surface area contributed by atoms with E-state index in [9.17, 15) is 25.5 Å². The van der Waals surface area contributed by atoms with Crippen molar-refractivity contribution in [3.63, 3.8) is 0 Å². The molecule has 262 valence electrons. The summed E-state index contributed by atoms with van der Waals surface area (Å²) in [5, 5.41) is 54.6. The molecule has 1 aliphatic heterocycles. The van der Waals surface area contributed by atoms with Crippen molar-refractivity contribution in [2.45, 2.75) is 43.5 Å². The van der Waals surface area contributed by atoms with Crippen molar-refractivity contribution < 1.29 is 44.5 Å². The topological polar surface area (TPSA) is 166 Å². The number of aliphatic hydroxyl groups excluding tert-OH is 3. The van der Waals surface area contributed by atoms with Gasteiger partial charge in [0.2, 0.25) is 0 Å². The minimum absolute atomic E-state index is 0.00422. The minimum atomic E-state index is -0.863. The summed E-state index contributed by atoms with van der Waals surface area (Å²) < 4.78 is 25.0. The number of hydrogen-bond donors (Lipinski definition) is 7. The van der Waals surface area contributed by atoms with Crippen molar-refractivity contribution in [3.05, 3.63) is 101 Å². The van der Waals surface area contributed by atoms with E-state index in [0.717, 1.165) is 45.1 Å². The zero-order chi connectivity index (χ0) is 34.8. The van der Waals surface area contributed by atoms with Gasteiger partial charge in [0, 0.05) is 35.3 Å². The van der Waals surface area contributed by atoms with Gasteiger partial charge in [0.1, 0.15) is 36.1 Å². The summed E-state index contributed by atoms with van der Waals surface area (Å²) in [7, 11) is 1.81. The molecule has 0 amide bonds. The van der Waals surface area contributed by atoms with Crippen LogP contribution in [0.5, 0.6) is 28.7 Å². The number of benzene rings is 4. The molecule has 0 saturated carbocycles. The molecule has 5 aromatic rings. The summed E-state index contributed by atoms with van der Waals surface area (Å²) in [4.78, 5) is 3.26. The first-order valence-corrected chi connectivity index (χ1v) is 16.9. The lowest BCUT2D eigenvalue weighted by Crippen LogP contribution is -2.36. The normalized spacial score (nSPS) is 18.0. The summed E-state index contributed by atoms with van der Waals surface area (Å²) in [5.41, 5.74) is 7.66. The van der Waals surface area contributed by atoms with E-state index in [0.29, 0.717) is 29.9 Å². The lowest BCUT2D eigenvalue weighted by molar-refractivity contribution is -0.0430. The van der Waals surface area contributed by atoms with Crippen LogP contribution >= 0.6 is 0 Å². The number of fused-ring (bicyclic) bond motifs is 6. The first kappa shape index (κ1) is 33.7. The third-order valence-corrected chi connectivity index (χ3v) is 9.57. The second-order valence-electron chi connectivity index (χ2n) is 12.8. The van der Waals surface area contributed by atoms with Crippen LogP contribution in [0, 0.1) is 0 Å². The predicted octanol–water partition coefficient (Wildman–Crippen LogP) is 4.47. The summed E-state index contributed by atoms with van der Waals surface area (Å²) in [6, 6.07) is 20.7. The van der Waals surface area contributed by atoms with E-state index in [1.54, 1.807) is 25.2 Å². The van der Waals surface area contributed by atoms with E-state index in [4.69, 9.17) is 18.9 Å². The smallest absolute Gasteiger partial charge is 0.161 e. The maximum atomic E-state index is 10.7. The fourth-order valence-corrected chi connectivity index (χ4v) is 7.27. The summed E-state index contributed by atoms with van der Waals surface area (Å²) >= 11 is 0. The van der Waals surface area contributed by atoms with E-state index in [-0.39, 0.29) is 56.3 Å². The van der Waals surface area contributed by atoms with Gasteiger partial charge in [-0.05, 0) is 101 Å². The largest absolute Gasteiger partial charge is 0.508 e. The third kappa shape index (κ3) is 6.58. The number of H-pyrrole nitrogens is 1. The number of aromatic nitrogens is 1. The Morgan fingerprint density at radius 1 is 0.920 bits per heavy atom. The van der Waals surface area contributed by atoms with E-state index >= 15 is 0 Å². The molecule has 7 N–H and O–H groups in total. The Hall–Kier alpha value is -4.78. The highest BCUT2D eigenvalue weighted by molar-refractivity contribution is 5.83. The van der Waals surface area contributed by atoms with Gasteiger partial charge in [0.15, 0.2) is 17.6 Å². The average molecular weight is 683 g/mol. The first-order chi connectivity index (χ1) is 24.4. The number of hydrogen-bond acceptors (Lipinski definition) is 10. The van der Waals surface area contributed by atoms with E-state index in [1.807, 2.05) is 24.4 Å². The molecule has 50 heavy (non-hydrogen) atoms. The monoisotopic (exact) mass is 682 g/mol. The second-order valence-corrected chi connectivity index (χ2v) is 12.8. The van der Waals surface area contributed by atoms with Gasteiger partial charge in [-0.1, -0.05) is 18.2 Å². The Bertz CT molecular complexity index is 1970. The molecule has 11 heteroatoms. The Labute approximate surface area is 289 Å². The van der Waals surface area contributed by atoms with Crippen LogP contribution in [-0.2, 0) is 24.0 Å². The highest BCUT2D eigenvalue weighted by Gasteiger charge is 2.39. The van der Waals surface area contributed by atoms with Crippen LogP contribution in [-0.4, -0.2) is 82.9 Å². The maximum absolute atomic E-state index is 10.7. The fourth-order valence-electron chi connectivity index (χ4n) is 7.27. The number of aromatic amines is 1. The maximum Gasteiger partial charge on any atom is 0.161 e. The van der Waals surface area contributed by atoms with Crippen LogP contribution in [0.4, 0.5) is 0 Å². The van der Waals surface area contributed by atoms with Gasteiger partial charge in [-0.15, -0.1) is 0 Å². The van der Waals surface area contributed by atoms with E-state index in [2.05, 4.69) is 34.6 Å². The van der Waals surface area contributed by atoms with Gasteiger partial charge < -0.3 is 49.5 Å². The molecule has 3 atom stereocenters. The highest BCUT2D eigenvalue weighted by atomic mass is 16.6. The molecule has 2 heterocycles. The standard InChI is InChI=1S/C39H42N2O9/c1-40-21-48-37-17-30-31-14-25(13-22-2-6-32-23(12-22)8-9-41-32)29-16-26(45)4-5-28(29)38(31)36(49-27(19-43)20-44)18-34(30)50-39(37)24-3-7-33(46)35(15-24)47-11-10-42/h2-9,12,15-16,18,25,27,37,39-46H,10-11,13-14,17,19-21H2,1H3. The third-order valence-electron chi connectivity index (χ3n) is 9.57. The van der Waals surface area contributed by atoms with Crippen LogP contribution in [0.3, 0.4) is 0 Å². The molecule has 2 aliphatic rings. The molecule has 11 nitrogen and oxygen atoms in total. The number of rotatable bonds is 13. The minimum Gasteiger partial charge on any atom is -0.508 e. The molecule has 1 aliphatic carbocycles. The van der Waals surface area contributed by atoms with Crippen LogP contribution in [0.1, 0.15) is 39.8 Å². The van der Waals surface area contributed by atoms with Gasteiger partial charge in [-0.2, -0.15) is 0 Å². The van der Waals surface area contributed by atoms with Crippen LogP contribution < -0.4 is 19.5 Å². The molecule has 1 aromatic heterocycles. The van der Waals surface area contributed by atoms with Crippen LogP contribution in [0.2, 0.25) is 0 Å². The van der Waals surface area contributed by atoms with Crippen molar-refractivity contribution in [1.29, 1.82) is 0 Å². The Morgan fingerprint density at radius 2 is 1.78 bits per heavy atom. The van der Waals surface area contributed by atoms with Gasteiger partial charge >= 0.3 is 0 Å². The zero-order valence-corrected chi connectivity index (χ0v) is 27.8. The molecular weight excluding hydrogens is 640 g/mol. The average Bonchev–Trinajstić information content (AvgIpc) is 3.60. The first-order valence-electron chi connectivity index (χ1n) is 16.9. The van der Waals surface area contributed by atoms with Crippen molar-refractivity contribution in [3.8, 4) is 39.9 Å². The number of phenols is 2. The van der Waals surface area contributed by atoms with Gasteiger partial charge in [-0.3, -0.25) is 5.32 Å². The number of phenolic OH excluding ortho intramolecular Hbond substituents is 2. The predicted molar refractivity (Wildman–Crippen MR) is 187 cm³/mol. The lowest BCUT2D eigenvalue weighted by Gasteiger charge is -2.38. The summed E-state index contributed by atoms with van der Waals surface area (Å²) in [6.07, 6.45) is 1.88. The molecule has 3 unspecified atom stereocenters. The van der Waals surface area contributed by atoms with Crippen molar-refractivity contribution in [2.75, 3.05) is 40.2 Å². The van der Waals surface area contributed by atoms with Crippen LogP contribution in [0.15, 0.2) is 72.9 Å². The Kier molecular flexibility index (Phi) is 9.84. The molecule has 4 aromatic carbocycles. The van der Waals surface area contributed by atoms with Gasteiger partial charge in [0.05, 0.1) is 26.6 Å². The SMILES string of the molecule is CNCOC1Cc2c(cc(OC(CO)CO)c3c2CC(Cc2ccc4[nH]ccc4c2)c2cc(O)ccc2-3)OC1c1ccc(O)c(OCCO)c1. The van der Waals surface area contributed by atoms with E-state index in [1.165, 1.54) is 11.6 Å². The van der Waals surface area contributed by atoms with Crippen molar-refractivity contribution in [2.24, 2.45) is 0 Å². The zero-order valence-electron chi connectivity index (χ0n) is 27.8. The van der Waals surface area contributed by atoms with Crippen LogP contribution in [0.25, 0.3) is 22.0 Å². The number of ether oxygens (including phenoxy) is 4. The molecule has 0 bridgehead atoms.